The molecular weight excluding hydrogens is 188 g/mol. The summed E-state index contributed by atoms with van der Waals surface area (Å²) in [6.45, 7) is 3.03. The molecular formula is C9H16O5. The van der Waals surface area contributed by atoms with Crippen LogP contribution in [-0.4, -0.2) is 42.8 Å². The molecule has 1 aliphatic heterocycles. The van der Waals surface area contributed by atoms with Crippen molar-refractivity contribution < 1.29 is 24.1 Å². The summed E-state index contributed by atoms with van der Waals surface area (Å²) in [6, 6.07) is 0. The van der Waals surface area contributed by atoms with Gasteiger partial charge in [0.1, 0.15) is 12.2 Å². The van der Waals surface area contributed by atoms with E-state index in [1.807, 2.05) is 0 Å². The Morgan fingerprint density at radius 3 is 2.71 bits per heavy atom. The van der Waals surface area contributed by atoms with Crippen molar-refractivity contribution in [2.45, 2.75) is 44.9 Å². The topological polar surface area (TPSA) is 65.0 Å². The van der Waals surface area contributed by atoms with E-state index in [9.17, 15) is 9.90 Å². The maximum absolute atomic E-state index is 10.7. The Balaban J connectivity index is 2.57. The van der Waals surface area contributed by atoms with Crippen LogP contribution in [0, 0.1) is 0 Å². The van der Waals surface area contributed by atoms with Gasteiger partial charge in [0, 0.05) is 20.5 Å². The molecule has 0 aromatic carbocycles. The molecule has 1 rings (SSSR count). The predicted molar refractivity (Wildman–Crippen MR) is 47.5 cm³/mol. The average Bonchev–Trinajstić information content (AvgIpc) is 2.11. The number of aliphatic hydroxyl groups excluding tert-OH is 1. The lowest BCUT2D eigenvalue weighted by atomic mass is 10.0. The quantitative estimate of drug-likeness (QED) is 0.644. The number of rotatable bonds is 2. The fourth-order valence-corrected chi connectivity index (χ4v) is 1.49. The van der Waals surface area contributed by atoms with Crippen LogP contribution in [0.25, 0.3) is 0 Å². The standard InChI is InChI=1S/C9H16O5/c1-5-9(11)7(14-6(2)10)4-8(12-3)13-5/h5,7-9,11H,4H2,1-3H3/t5-,7-,8-,9+/m1/s1. The number of hydrogen-bond donors (Lipinski definition) is 1. The van der Waals surface area contributed by atoms with Gasteiger partial charge in [0.05, 0.1) is 6.10 Å². The van der Waals surface area contributed by atoms with Crippen LogP contribution >= 0.6 is 0 Å². The Morgan fingerprint density at radius 1 is 1.57 bits per heavy atom. The summed E-state index contributed by atoms with van der Waals surface area (Å²) >= 11 is 0. The van der Waals surface area contributed by atoms with Gasteiger partial charge in [0.15, 0.2) is 6.29 Å². The SMILES string of the molecule is CO[C@H]1C[C@@H](OC(C)=O)[C@@H](O)[C@@H](C)O1. The Morgan fingerprint density at radius 2 is 2.21 bits per heavy atom. The molecule has 0 spiro atoms. The molecule has 1 saturated heterocycles. The van der Waals surface area contributed by atoms with Crippen molar-refractivity contribution >= 4 is 5.97 Å². The number of carbonyl (C=O) groups is 1. The Labute approximate surface area is 82.9 Å². The highest BCUT2D eigenvalue weighted by atomic mass is 16.7. The first kappa shape index (κ1) is 11.4. The van der Waals surface area contributed by atoms with Crippen molar-refractivity contribution in [2.75, 3.05) is 7.11 Å². The zero-order valence-corrected chi connectivity index (χ0v) is 8.60. The van der Waals surface area contributed by atoms with E-state index < -0.39 is 30.6 Å². The van der Waals surface area contributed by atoms with Gasteiger partial charge in [0.25, 0.3) is 0 Å². The van der Waals surface area contributed by atoms with Crippen LogP contribution in [0.3, 0.4) is 0 Å². The number of ether oxygens (including phenoxy) is 3. The second kappa shape index (κ2) is 4.72. The van der Waals surface area contributed by atoms with Crippen molar-refractivity contribution in [1.82, 2.24) is 0 Å². The molecule has 1 heterocycles. The lowest BCUT2D eigenvalue weighted by Gasteiger charge is -2.36. The van der Waals surface area contributed by atoms with E-state index >= 15 is 0 Å². The van der Waals surface area contributed by atoms with Crippen molar-refractivity contribution in [2.24, 2.45) is 0 Å². The minimum atomic E-state index is -0.787. The van der Waals surface area contributed by atoms with Gasteiger partial charge < -0.3 is 19.3 Å². The lowest BCUT2D eigenvalue weighted by molar-refractivity contribution is -0.242. The molecule has 0 bridgehead atoms. The molecule has 0 aliphatic carbocycles. The maximum Gasteiger partial charge on any atom is 0.302 e. The molecule has 0 saturated carbocycles. The highest BCUT2D eigenvalue weighted by Gasteiger charge is 2.37. The number of carbonyl (C=O) groups excluding carboxylic acids is 1. The number of esters is 1. The molecule has 0 amide bonds. The van der Waals surface area contributed by atoms with Crippen molar-refractivity contribution in [3.63, 3.8) is 0 Å². The molecule has 1 fully saturated rings. The van der Waals surface area contributed by atoms with Crippen LogP contribution in [0.15, 0.2) is 0 Å². The van der Waals surface area contributed by atoms with E-state index in [4.69, 9.17) is 14.2 Å². The summed E-state index contributed by atoms with van der Waals surface area (Å²) in [5, 5.41) is 9.64. The van der Waals surface area contributed by atoms with Gasteiger partial charge in [-0.2, -0.15) is 0 Å². The lowest BCUT2D eigenvalue weighted by Crippen LogP contribution is -2.49. The highest BCUT2D eigenvalue weighted by molar-refractivity contribution is 5.66. The third-order valence-electron chi connectivity index (χ3n) is 2.23. The van der Waals surface area contributed by atoms with Gasteiger partial charge >= 0.3 is 5.97 Å². The number of hydrogen-bond acceptors (Lipinski definition) is 5. The molecule has 1 aliphatic rings. The molecule has 0 unspecified atom stereocenters. The van der Waals surface area contributed by atoms with Gasteiger partial charge in [-0.15, -0.1) is 0 Å². The summed E-state index contributed by atoms with van der Waals surface area (Å²) < 4.78 is 15.3. The fraction of sp³-hybridized carbons (Fsp3) is 0.889. The Bertz CT molecular complexity index is 205. The van der Waals surface area contributed by atoms with Crippen molar-refractivity contribution in [3.8, 4) is 0 Å². The van der Waals surface area contributed by atoms with Gasteiger partial charge in [-0.25, -0.2) is 0 Å². The average molecular weight is 204 g/mol. The van der Waals surface area contributed by atoms with E-state index in [-0.39, 0.29) is 0 Å². The zero-order chi connectivity index (χ0) is 10.7. The summed E-state index contributed by atoms with van der Waals surface area (Å²) in [5.41, 5.74) is 0. The Kier molecular flexibility index (Phi) is 3.86. The fourth-order valence-electron chi connectivity index (χ4n) is 1.49. The first-order valence-corrected chi connectivity index (χ1v) is 4.58. The molecule has 0 radical (unpaired) electrons. The van der Waals surface area contributed by atoms with Gasteiger partial charge in [-0.3, -0.25) is 4.79 Å². The number of methoxy groups -OCH3 is 1. The summed E-state index contributed by atoms with van der Waals surface area (Å²) in [6.07, 6.45) is -1.77. The molecule has 82 valence electrons. The van der Waals surface area contributed by atoms with E-state index in [1.165, 1.54) is 14.0 Å². The molecule has 4 atom stereocenters. The van der Waals surface area contributed by atoms with Crippen LogP contribution in [0.5, 0.6) is 0 Å². The molecule has 14 heavy (non-hydrogen) atoms. The normalized spacial score (nSPS) is 38.0. The Hall–Kier alpha value is -0.650. The zero-order valence-electron chi connectivity index (χ0n) is 8.60. The number of aliphatic hydroxyl groups is 1. The smallest absolute Gasteiger partial charge is 0.302 e. The van der Waals surface area contributed by atoms with E-state index in [0.717, 1.165) is 0 Å². The van der Waals surface area contributed by atoms with Gasteiger partial charge in [-0.1, -0.05) is 0 Å². The summed E-state index contributed by atoms with van der Waals surface area (Å²) in [4.78, 5) is 10.7. The van der Waals surface area contributed by atoms with Crippen molar-refractivity contribution in [3.05, 3.63) is 0 Å². The first-order valence-electron chi connectivity index (χ1n) is 4.58. The minimum absolute atomic E-state index is 0.363. The van der Waals surface area contributed by atoms with E-state index in [0.29, 0.717) is 6.42 Å². The predicted octanol–water partition coefficient (Wildman–Crippen LogP) is 0.0603. The molecule has 5 heteroatoms. The highest BCUT2D eigenvalue weighted by Crippen LogP contribution is 2.22. The monoisotopic (exact) mass is 204 g/mol. The van der Waals surface area contributed by atoms with Gasteiger partial charge in [-0.05, 0) is 6.92 Å². The maximum atomic E-state index is 10.7. The largest absolute Gasteiger partial charge is 0.459 e. The molecule has 0 aromatic heterocycles. The minimum Gasteiger partial charge on any atom is -0.459 e. The second-order valence-corrected chi connectivity index (χ2v) is 3.38. The van der Waals surface area contributed by atoms with E-state index in [1.54, 1.807) is 6.92 Å². The second-order valence-electron chi connectivity index (χ2n) is 3.38. The third kappa shape index (κ3) is 2.67. The molecule has 5 nitrogen and oxygen atoms in total. The summed E-state index contributed by atoms with van der Waals surface area (Å²) in [7, 11) is 1.51. The van der Waals surface area contributed by atoms with E-state index in [2.05, 4.69) is 0 Å². The third-order valence-corrected chi connectivity index (χ3v) is 2.23. The van der Waals surface area contributed by atoms with Crippen molar-refractivity contribution in [1.29, 1.82) is 0 Å². The molecule has 0 aromatic rings. The van der Waals surface area contributed by atoms with Crippen LogP contribution in [-0.2, 0) is 19.0 Å². The summed E-state index contributed by atoms with van der Waals surface area (Å²) in [5.74, 6) is -0.405. The van der Waals surface area contributed by atoms with Gasteiger partial charge in [0.2, 0.25) is 0 Å². The van der Waals surface area contributed by atoms with Crippen LogP contribution < -0.4 is 0 Å². The molecule has 1 N–H and O–H groups in total. The van der Waals surface area contributed by atoms with Crippen LogP contribution in [0.1, 0.15) is 20.3 Å². The first-order chi connectivity index (χ1) is 6.54. The van der Waals surface area contributed by atoms with Crippen LogP contribution in [0.4, 0.5) is 0 Å². The van der Waals surface area contributed by atoms with Crippen LogP contribution in [0.2, 0.25) is 0 Å².